The highest BCUT2D eigenvalue weighted by molar-refractivity contribution is 7.89. The minimum atomic E-state index is -4.65. The molecule has 1 aliphatic rings. The highest BCUT2D eigenvalue weighted by Gasteiger charge is 2.38. The molecule has 0 saturated carbocycles. The van der Waals surface area contributed by atoms with Crippen molar-refractivity contribution < 1.29 is 30.8 Å². The van der Waals surface area contributed by atoms with Crippen LogP contribution in [0.25, 0.3) is 0 Å². The SMILES string of the molecule is CC(C)N(C1CCN(C(=O)CNc2ccc(F)cc2)CC1)S(=O)(=O)c1cccc(C(F)(F)F)c1. The summed E-state index contributed by atoms with van der Waals surface area (Å²) in [6, 6.07) is 8.42. The highest BCUT2D eigenvalue weighted by Crippen LogP contribution is 2.33. The standard InChI is InChI=1S/C23H27F4N3O3S/c1-16(2)30(34(32,33)21-5-3-4-17(14-21)23(25,26)27)20-10-12-29(13-11-20)22(31)15-28-19-8-6-18(24)7-9-19/h3-9,14,16,20,28H,10-13,15H2,1-2H3. The maximum absolute atomic E-state index is 13.3. The van der Waals surface area contributed by atoms with Crippen molar-refractivity contribution in [2.75, 3.05) is 25.0 Å². The van der Waals surface area contributed by atoms with Gasteiger partial charge in [-0.2, -0.15) is 17.5 Å². The third kappa shape index (κ3) is 6.06. The zero-order valence-electron chi connectivity index (χ0n) is 18.8. The van der Waals surface area contributed by atoms with Crippen molar-refractivity contribution >= 4 is 21.6 Å². The molecule has 1 aliphatic heterocycles. The normalized spacial score (nSPS) is 15.7. The number of nitrogens with zero attached hydrogens (tertiary/aromatic N) is 2. The Kier molecular flexibility index (Phi) is 7.87. The quantitative estimate of drug-likeness (QED) is 0.573. The van der Waals surface area contributed by atoms with Gasteiger partial charge in [0.15, 0.2) is 0 Å². The molecule has 186 valence electrons. The lowest BCUT2D eigenvalue weighted by Crippen LogP contribution is -2.51. The van der Waals surface area contributed by atoms with E-state index >= 15 is 0 Å². The van der Waals surface area contributed by atoms with Crippen LogP contribution in [0.15, 0.2) is 53.4 Å². The lowest BCUT2D eigenvalue weighted by molar-refractivity contribution is -0.137. The number of hydrogen-bond acceptors (Lipinski definition) is 4. The van der Waals surface area contributed by atoms with E-state index in [2.05, 4.69) is 5.32 Å². The number of halogens is 4. The van der Waals surface area contributed by atoms with E-state index in [1.165, 1.54) is 34.6 Å². The van der Waals surface area contributed by atoms with Gasteiger partial charge in [0.2, 0.25) is 15.9 Å². The van der Waals surface area contributed by atoms with E-state index in [0.717, 1.165) is 12.1 Å². The number of amides is 1. The summed E-state index contributed by atoms with van der Waals surface area (Å²) in [6.45, 7) is 3.99. The Bertz CT molecular complexity index is 1100. The van der Waals surface area contributed by atoms with E-state index in [0.29, 0.717) is 37.7 Å². The predicted molar refractivity (Wildman–Crippen MR) is 120 cm³/mol. The molecule has 1 saturated heterocycles. The number of alkyl halides is 3. The molecular weight excluding hydrogens is 474 g/mol. The van der Waals surface area contributed by atoms with Crippen molar-refractivity contribution in [2.45, 2.75) is 49.8 Å². The topological polar surface area (TPSA) is 69.7 Å². The van der Waals surface area contributed by atoms with Gasteiger partial charge in [-0.05, 0) is 69.2 Å². The first-order valence-electron chi connectivity index (χ1n) is 10.9. The number of sulfonamides is 1. The van der Waals surface area contributed by atoms with Crippen molar-refractivity contribution in [1.29, 1.82) is 0 Å². The van der Waals surface area contributed by atoms with Crippen LogP contribution < -0.4 is 5.32 Å². The Hall–Kier alpha value is -2.66. The number of likely N-dealkylation sites (tertiary alicyclic amines) is 1. The second-order valence-corrected chi connectivity index (χ2v) is 10.3. The van der Waals surface area contributed by atoms with Crippen LogP contribution in [0.2, 0.25) is 0 Å². The van der Waals surface area contributed by atoms with E-state index in [4.69, 9.17) is 0 Å². The number of piperidine rings is 1. The second-order valence-electron chi connectivity index (χ2n) is 8.43. The van der Waals surface area contributed by atoms with Crippen molar-refractivity contribution in [1.82, 2.24) is 9.21 Å². The van der Waals surface area contributed by atoms with Crippen LogP contribution in [0, 0.1) is 5.82 Å². The first kappa shape index (κ1) is 26.0. The Morgan fingerprint density at radius 3 is 2.29 bits per heavy atom. The molecule has 34 heavy (non-hydrogen) atoms. The Morgan fingerprint density at radius 1 is 1.12 bits per heavy atom. The summed E-state index contributed by atoms with van der Waals surface area (Å²) < 4.78 is 80.2. The summed E-state index contributed by atoms with van der Waals surface area (Å²) in [4.78, 5) is 13.8. The van der Waals surface area contributed by atoms with Gasteiger partial charge >= 0.3 is 6.18 Å². The molecule has 0 unspecified atom stereocenters. The molecular formula is C23H27F4N3O3S. The molecule has 2 aromatic carbocycles. The third-order valence-corrected chi connectivity index (χ3v) is 7.84. The molecule has 3 rings (SSSR count). The molecule has 1 heterocycles. The molecule has 0 bridgehead atoms. The average Bonchev–Trinajstić information content (AvgIpc) is 2.78. The Morgan fingerprint density at radius 2 is 1.74 bits per heavy atom. The zero-order chi connectivity index (χ0) is 25.1. The van der Waals surface area contributed by atoms with Gasteiger partial charge in [-0.15, -0.1) is 0 Å². The molecule has 0 spiro atoms. The largest absolute Gasteiger partial charge is 0.416 e. The van der Waals surface area contributed by atoms with Gasteiger partial charge in [-0.1, -0.05) is 6.07 Å². The molecule has 6 nitrogen and oxygen atoms in total. The van der Waals surface area contributed by atoms with Gasteiger partial charge in [0.25, 0.3) is 0 Å². The van der Waals surface area contributed by atoms with E-state index < -0.39 is 38.7 Å². The minimum Gasteiger partial charge on any atom is -0.376 e. The van der Waals surface area contributed by atoms with Gasteiger partial charge in [0, 0.05) is 30.9 Å². The van der Waals surface area contributed by atoms with Crippen LogP contribution in [-0.4, -0.2) is 55.2 Å². The van der Waals surface area contributed by atoms with E-state index in [9.17, 15) is 30.8 Å². The van der Waals surface area contributed by atoms with Crippen LogP contribution in [0.3, 0.4) is 0 Å². The fourth-order valence-electron chi connectivity index (χ4n) is 4.08. The summed E-state index contributed by atoms with van der Waals surface area (Å²) in [5.74, 6) is -0.562. The van der Waals surface area contributed by atoms with E-state index in [1.54, 1.807) is 18.7 Å². The lowest BCUT2D eigenvalue weighted by atomic mass is 10.0. The lowest BCUT2D eigenvalue weighted by Gasteiger charge is -2.39. The fourth-order valence-corrected chi connectivity index (χ4v) is 6.01. The van der Waals surface area contributed by atoms with Gasteiger partial charge in [-0.25, -0.2) is 12.8 Å². The molecule has 0 radical (unpaired) electrons. The van der Waals surface area contributed by atoms with Crippen molar-refractivity contribution in [3.8, 4) is 0 Å². The molecule has 1 amide bonds. The number of carbonyl (C=O) groups excluding carboxylic acids is 1. The zero-order valence-corrected chi connectivity index (χ0v) is 19.7. The van der Waals surface area contributed by atoms with Crippen LogP contribution in [0.1, 0.15) is 32.3 Å². The number of anilines is 1. The first-order chi connectivity index (χ1) is 15.9. The molecule has 2 aromatic rings. The van der Waals surface area contributed by atoms with Crippen LogP contribution >= 0.6 is 0 Å². The fraction of sp³-hybridized carbons (Fsp3) is 0.435. The molecule has 1 N–H and O–H groups in total. The molecule has 1 fully saturated rings. The molecule has 0 aromatic heterocycles. The van der Waals surface area contributed by atoms with Gasteiger partial charge in [0.1, 0.15) is 5.82 Å². The first-order valence-corrected chi connectivity index (χ1v) is 12.3. The van der Waals surface area contributed by atoms with E-state index in [1.807, 2.05) is 0 Å². The second kappa shape index (κ2) is 10.3. The number of hydrogen-bond donors (Lipinski definition) is 1. The highest BCUT2D eigenvalue weighted by atomic mass is 32.2. The van der Waals surface area contributed by atoms with Crippen molar-refractivity contribution in [3.63, 3.8) is 0 Å². The molecule has 11 heteroatoms. The van der Waals surface area contributed by atoms with Crippen LogP contribution in [-0.2, 0) is 21.0 Å². The van der Waals surface area contributed by atoms with Crippen LogP contribution in [0.4, 0.5) is 23.2 Å². The third-order valence-electron chi connectivity index (χ3n) is 5.71. The Labute approximate surface area is 196 Å². The predicted octanol–water partition coefficient (Wildman–Crippen LogP) is 4.35. The van der Waals surface area contributed by atoms with Crippen LogP contribution in [0.5, 0.6) is 0 Å². The van der Waals surface area contributed by atoms with E-state index in [-0.39, 0.29) is 18.3 Å². The maximum atomic E-state index is 13.3. The summed E-state index contributed by atoms with van der Waals surface area (Å²) in [5, 5.41) is 2.93. The smallest absolute Gasteiger partial charge is 0.376 e. The Balaban J connectivity index is 1.67. The summed E-state index contributed by atoms with van der Waals surface area (Å²) in [5.41, 5.74) is -0.422. The summed E-state index contributed by atoms with van der Waals surface area (Å²) >= 11 is 0. The number of carbonyl (C=O) groups is 1. The average molecular weight is 502 g/mol. The van der Waals surface area contributed by atoms with Crippen molar-refractivity contribution in [2.24, 2.45) is 0 Å². The minimum absolute atomic E-state index is 0.00667. The number of benzene rings is 2. The monoisotopic (exact) mass is 501 g/mol. The van der Waals surface area contributed by atoms with Gasteiger partial charge in [0.05, 0.1) is 17.0 Å². The van der Waals surface area contributed by atoms with Gasteiger partial charge in [-0.3, -0.25) is 4.79 Å². The van der Waals surface area contributed by atoms with Gasteiger partial charge < -0.3 is 10.2 Å². The molecule has 0 atom stereocenters. The molecule has 0 aliphatic carbocycles. The summed E-state index contributed by atoms with van der Waals surface area (Å²) in [6.07, 6.45) is -3.93. The number of rotatable bonds is 7. The summed E-state index contributed by atoms with van der Waals surface area (Å²) in [7, 11) is -4.18. The number of nitrogens with one attached hydrogen (secondary N) is 1. The van der Waals surface area contributed by atoms with Crippen molar-refractivity contribution in [3.05, 3.63) is 59.9 Å². The maximum Gasteiger partial charge on any atom is 0.416 e.